The van der Waals surface area contributed by atoms with Crippen LogP contribution in [0.1, 0.15) is 0 Å². The fraction of sp³-hybridized carbons (Fsp3) is 0.500. The Morgan fingerprint density at radius 2 is 2.36 bits per heavy atom. The van der Waals surface area contributed by atoms with E-state index < -0.39 is 12.0 Å². The van der Waals surface area contributed by atoms with Gasteiger partial charge in [0.2, 0.25) is 0 Å². The molecule has 1 heterocycles. The van der Waals surface area contributed by atoms with E-state index in [1.807, 2.05) is 0 Å². The van der Waals surface area contributed by atoms with E-state index in [-0.39, 0.29) is 5.70 Å². The first-order valence-corrected chi connectivity index (χ1v) is 3.20. The highest BCUT2D eigenvalue weighted by Gasteiger charge is 2.25. The van der Waals surface area contributed by atoms with Gasteiger partial charge in [-0.1, -0.05) is 0 Å². The van der Waals surface area contributed by atoms with E-state index in [1.165, 1.54) is 0 Å². The largest absolute Gasteiger partial charge is 0.480 e. The van der Waals surface area contributed by atoms with Crippen molar-refractivity contribution in [3.05, 3.63) is 5.70 Å². The number of nitrogens with one attached hydrogen (secondary N) is 2. The van der Waals surface area contributed by atoms with Crippen molar-refractivity contribution in [1.29, 1.82) is 0 Å². The number of carboxylic acid groups (broad SMARTS) is 1. The summed E-state index contributed by atoms with van der Waals surface area (Å²) in [6, 6.07) is -0.916. The Labute approximate surface area is 63.1 Å². The number of piperazine rings is 1. The molecule has 1 saturated heterocycles. The molecule has 3 N–H and O–H groups in total. The maximum Gasteiger partial charge on any atom is 0.327 e. The van der Waals surface area contributed by atoms with Crippen molar-refractivity contribution < 1.29 is 14.7 Å². The average Bonchev–Trinajstić information content (AvgIpc) is 2.04. The van der Waals surface area contributed by atoms with Crippen molar-refractivity contribution in [3.8, 4) is 0 Å². The quantitative estimate of drug-likeness (QED) is 0.396. The normalized spacial score (nSPS) is 23.6. The monoisotopic (exact) mass is 156 g/mol. The molecule has 0 aromatic rings. The molecule has 1 unspecified atom stereocenters. The molecule has 60 valence electrons. The Balaban J connectivity index is 2.75. The first kappa shape index (κ1) is 7.78. The zero-order chi connectivity index (χ0) is 8.27. The van der Waals surface area contributed by atoms with Gasteiger partial charge in [0.05, 0.1) is 0 Å². The van der Waals surface area contributed by atoms with Gasteiger partial charge in [0.1, 0.15) is 11.6 Å². The SMILES string of the molecule is O=C=C1NCCNC1C(=O)O. The Morgan fingerprint density at radius 3 is 2.82 bits per heavy atom. The molecule has 0 bridgehead atoms. The van der Waals surface area contributed by atoms with Crippen LogP contribution in [0.4, 0.5) is 0 Å². The summed E-state index contributed by atoms with van der Waals surface area (Å²) in [5.74, 6) is 0.488. The van der Waals surface area contributed by atoms with Gasteiger partial charge in [-0.15, -0.1) is 0 Å². The van der Waals surface area contributed by atoms with Gasteiger partial charge in [-0.2, -0.15) is 0 Å². The molecule has 5 heteroatoms. The number of carbonyl (C=O) groups is 1. The lowest BCUT2D eigenvalue weighted by Gasteiger charge is -2.21. The van der Waals surface area contributed by atoms with Gasteiger partial charge in [0, 0.05) is 13.1 Å². The zero-order valence-electron chi connectivity index (χ0n) is 5.76. The van der Waals surface area contributed by atoms with Gasteiger partial charge in [0.25, 0.3) is 0 Å². The van der Waals surface area contributed by atoms with Crippen LogP contribution >= 0.6 is 0 Å². The molecule has 0 aromatic carbocycles. The smallest absolute Gasteiger partial charge is 0.327 e. The van der Waals surface area contributed by atoms with Crippen LogP contribution in [0.3, 0.4) is 0 Å². The Kier molecular flexibility index (Phi) is 2.25. The van der Waals surface area contributed by atoms with Crippen LogP contribution in [0.2, 0.25) is 0 Å². The van der Waals surface area contributed by atoms with Gasteiger partial charge < -0.3 is 10.4 Å². The van der Waals surface area contributed by atoms with Crippen molar-refractivity contribution in [1.82, 2.24) is 10.6 Å². The highest BCUT2D eigenvalue weighted by molar-refractivity contribution is 5.81. The van der Waals surface area contributed by atoms with Crippen LogP contribution in [0.25, 0.3) is 0 Å². The molecule has 1 aliphatic rings. The molecule has 0 amide bonds. The van der Waals surface area contributed by atoms with E-state index in [0.717, 1.165) is 0 Å². The summed E-state index contributed by atoms with van der Waals surface area (Å²) in [4.78, 5) is 20.6. The second-order valence-corrected chi connectivity index (χ2v) is 2.17. The highest BCUT2D eigenvalue weighted by atomic mass is 16.4. The molecular formula is C6H8N2O3. The average molecular weight is 156 g/mol. The molecule has 1 rings (SSSR count). The minimum absolute atomic E-state index is 0.0729. The predicted molar refractivity (Wildman–Crippen MR) is 36.6 cm³/mol. The van der Waals surface area contributed by atoms with E-state index in [9.17, 15) is 9.59 Å². The van der Waals surface area contributed by atoms with Crippen molar-refractivity contribution in [3.63, 3.8) is 0 Å². The van der Waals surface area contributed by atoms with Gasteiger partial charge in [-0.3, -0.25) is 10.1 Å². The first-order valence-electron chi connectivity index (χ1n) is 3.20. The second kappa shape index (κ2) is 3.18. The lowest BCUT2D eigenvalue weighted by molar-refractivity contribution is -0.138. The second-order valence-electron chi connectivity index (χ2n) is 2.17. The molecule has 0 saturated carbocycles. The lowest BCUT2D eigenvalue weighted by Crippen LogP contribution is -2.50. The summed E-state index contributed by atoms with van der Waals surface area (Å²) in [7, 11) is 0. The fourth-order valence-electron chi connectivity index (χ4n) is 0.924. The topological polar surface area (TPSA) is 78.4 Å². The van der Waals surface area contributed by atoms with Crippen LogP contribution in [0.5, 0.6) is 0 Å². The molecule has 0 aromatic heterocycles. The summed E-state index contributed by atoms with van der Waals surface area (Å²) in [5, 5.41) is 13.8. The molecular weight excluding hydrogens is 148 g/mol. The van der Waals surface area contributed by atoms with E-state index >= 15 is 0 Å². The third-order valence-corrected chi connectivity index (χ3v) is 1.43. The predicted octanol–water partition coefficient (Wildman–Crippen LogP) is -1.65. The third kappa shape index (κ3) is 1.58. The minimum atomic E-state index is -1.06. The summed E-state index contributed by atoms with van der Waals surface area (Å²) in [6.45, 7) is 1.11. The van der Waals surface area contributed by atoms with Gasteiger partial charge >= 0.3 is 5.97 Å². The number of aliphatic carboxylic acids is 1. The minimum Gasteiger partial charge on any atom is -0.480 e. The fourth-order valence-corrected chi connectivity index (χ4v) is 0.924. The zero-order valence-corrected chi connectivity index (χ0v) is 5.76. The van der Waals surface area contributed by atoms with Crippen molar-refractivity contribution in [2.75, 3.05) is 13.1 Å². The number of hydrogen-bond donors (Lipinski definition) is 3. The van der Waals surface area contributed by atoms with E-state index in [0.29, 0.717) is 13.1 Å². The summed E-state index contributed by atoms with van der Waals surface area (Å²) in [5.41, 5.74) is 0.0729. The molecule has 1 fully saturated rings. The van der Waals surface area contributed by atoms with Crippen LogP contribution in [0.15, 0.2) is 5.70 Å². The molecule has 5 nitrogen and oxygen atoms in total. The molecule has 1 atom stereocenters. The van der Waals surface area contributed by atoms with Crippen LogP contribution < -0.4 is 10.6 Å². The molecule has 0 aliphatic carbocycles. The Bertz CT molecular complexity index is 220. The summed E-state index contributed by atoms with van der Waals surface area (Å²) >= 11 is 0. The molecule has 0 spiro atoms. The van der Waals surface area contributed by atoms with Crippen LogP contribution in [-0.4, -0.2) is 36.1 Å². The standard InChI is InChI=1S/C6H8N2O3/c9-3-4-5(6(10)11)8-2-1-7-4/h5,7-8H,1-2H2,(H,10,11). The number of carboxylic acids is 1. The van der Waals surface area contributed by atoms with Gasteiger partial charge in [0.15, 0.2) is 6.04 Å². The molecule has 1 aliphatic heterocycles. The Hall–Kier alpha value is -1.32. The maximum absolute atomic E-state index is 10.4. The van der Waals surface area contributed by atoms with E-state index in [2.05, 4.69) is 10.6 Å². The number of rotatable bonds is 1. The van der Waals surface area contributed by atoms with Crippen molar-refractivity contribution in [2.45, 2.75) is 6.04 Å². The van der Waals surface area contributed by atoms with E-state index in [4.69, 9.17) is 5.11 Å². The summed E-state index contributed by atoms with van der Waals surface area (Å²) < 4.78 is 0. The van der Waals surface area contributed by atoms with E-state index in [1.54, 1.807) is 5.94 Å². The van der Waals surface area contributed by atoms with Crippen LogP contribution in [-0.2, 0) is 9.59 Å². The number of carbonyl (C=O) groups excluding carboxylic acids is 1. The van der Waals surface area contributed by atoms with Gasteiger partial charge in [-0.05, 0) is 0 Å². The number of hydrogen-bond acceptors (Lipinski definition) is 4. The third-order valence-electron chi connectivity index (χ3n) is 1.43. The molecule has 0 radical (unpaired) electrons. The van der Waals surface area contributed by atoms with Gasteiger partial charge in [-0.25, -0.2) is 4.79 Å². The van der Waals surface area contributed by atoms with Crippen molar-refractivity contribution in [2.24, 2.45) is 0 Å². The highest BCUT2D eigenvalue weighted by Crippen LogP contribution is 1.97. The van der Waals surface area contributed by atoms with Crippen LogP contribution in [0, 0.1) is 0 Å². The first-order chi connectivity index (χ1) is 5.25. The Morgan fingerprint density at radius 1 is 1.64 bits per heavy atom. The summed E-state index contributed by atoms with van der Waals surface area (Å²) in [6.07, 6.45) is 0. The molecule has 11 heavy (non-hydrogen) atoms. The maximum atomic E-state index is 10.4. The lowest BCUT2D eigenvalue weighted by atomic mass is 10.2. The van der Waals surface area contributed by atoms with Crippen molar-refractivity contribution >= 4 is 11.9 Å².